The van der Waals surface area contributed by atoms with E-state index in [-0.39, 0.29) is 24.2 Å². The molecular formula is C18H29N3O2. The van der Waals surface area contributed by atoms with E-state index >= 15 is 0 Å². The summed E-state index contributed by atoms with van der Waals surface area (Å²) in [6, 6.07) is 0. The Hall–Kier alpha value is -1.65. The molecule has 5 heteroatoms. The summed E-state index contributed by atoms with van der Waals surface area (Å²) in [6.45, 7) is 9.65. The first kappa shape index (κ1) is 17.7. The fourth-order valence-corrected chi connectivity index (χ4v) is 3.56. The third-order valence-corrected chi connectivity index (χ3v) is 5.09. The molecule has 0 aromatic carbocycles. The average molecular weight is 319 g/mol. The molecule has 1 aliphatic carbocycles. The van der Waals surface area contributed by atoms with Crippen LogP contribution in [-0.2, 0) is 9.59 Å². The van der Waals surface area contributed by atoms with Crippen LogP contribution >= 0.6 is 0 Å². The van der Waals surface area contributed by atoms with E-state index in [2.05, 4.69) is 25.8 Å². The first-order valence-electron chi connectivity index (χ1n) is 8.63. The lowest BCUT2D eigenvalue weighted by molar-refractivity contribution is -0.128. The second-order valence-electron chi connectivity index (χ2n) is 7.26. The number of nitrogens with zero attached hydrogens (tertiary/aromatic N) is 2. The molecule has 3 atom stereocenters. The number of likely N-dealkylation sites (tertiary alicyclic amines) is 1. The van der Waals surface area contributed by atoms with Gasteiger partial charge in [-0.05, 0) is 43.9 Å². The Morgan fingerprint density at radius 2 is 2.00 bits per heavy atom. The SMILES string of the molecule is CC(=O)CN=C1C[C@@H](C)C(C)/C1=C(/N)C(=O)N1CCC[C@H](C)C1. The number of hydrogen-bond donors (Lipinski definition) is 1. The van der Waals surface area contributed by atoms with Gasteiger partial charge in [-0.3, -0.25) is 14.6 Å². The predicted molar refractivity (Wildman–Crippen MR) is 92.1 cm³/mol. The lowest BCUT2D eigenvalue weighted by Crippen LogP contribution is -2.42. The summed E-state index contributed by atoms with van der Waals surface area (Å²) in [6.07, 6.45) is 2.99. The zero-order valence-corrected chi connectivity index (χ0v) is 14.8. The van der Waals surface area contributed by atoms with E-state index < -0.39 is 0 Å². The van der Waals surface area contributed by atoms with E-state index in [1.165, 1.54) is 13.3 Å². The van der Waals surface area contributed by atoms with Crippen LogP contribution in [-0.4, -0.2) is 41.9 Å². The topological polar surface area (TPSA) is 75.8 Å². The van der Waals surface area contributed by atoms with Crippen LogP contribution < -0.4 is 5.73 Å². The quantitative estimate of drug-likeness (QED) is 0.810. The van der Waals surface area contributed by atoms with Gasteiger partial charge in [0.25, 0.3) is 5.91 Å². The van der Waals surface area contributed by atoms with Crippen LogP contribution in [0, 0.1) is 17.8 Å². The molecule has 2 aliphatic rings. The van der Waals surface area contributed by atoms with Crippen molar-refractivity contribution in [2.75, 3.05) is 19.6 Å². The number of Topliss-reactive ketones (excluding diaryl/α,β-unsaturated/α-hetero) is 1. The van der Waals surface area contributed by atoms with Gasteiger partial charge in [0.2, 0.25) is 0 Å². The highest BCUT2D eigenvalue weighted by atomic mass is 16.2. The molecule has 1 saturated carbocycles. The number of amides is 1. The standard InChI is InChI=1S/C18H29N3O2/c1-11-6-5-7-21(10-11)18(23)17(19)16-14(4)12(2)8-15(16)20-9-13(3)22/h11-12,14H,5-10,19H2,1-4H3/b17-16-,20-15?/t11-,12+,14?/m0/s1. The molecule has 0 radical (unpaired) electrons. The Kier molecular flexibility index (Phi) is 5.60. The van der Waals surface area contributed by atoms with E-state index in [1.54, 1.807) is 0 Å². The maximum Gasteiger partial charge on any atom is 0.270 e. The number of carbonyl (C=O) groups is 2. The third-order valence-electron chi connectivity index (χ3n) is 5.09. The van der Waals surface area contributed by atoms with Crippen molar-refractivity contribution in [1.82, 2.24) is 4.90 Å². The van der Waals surface area contributed by atoms with E-state index in [0.717, 1.165) is 37.2 Å². The molecule has 1 aliphatic heterocycles. The predicted octanol–water partition coefficient (Wildman–Crippen LogP) is 2.16. The first-order chi connectivity index (χ1) is 10.8. The van der Waals surface area contributed by atoms with Gasteiger partial charge in [-0.25, -0.2) is 0 Å². The first-order valence-corrected chi connectivity index (χ1v) is 8.63. The molecule has 5 nitrogen and oxygen atoms in total. The third kappa shape index (κ3) is 4.01. The number of nitrogens with two attached hydrogens (primary N) is 1. The van der Waals surface area contributed by atoms with Gasteiger partial charge in [0, 0.05) is 24.4 Å². The van der Waals surface area contributed by atoms with Crippen molar-refractivity contribution in [3.63, 3.8) is 0 Å². The van der Waals surface area contributed by atoms with Crippen LogP contribution in [0.25, 0.3) is 0 Å². The molecule has 0 aromatic heterocycles. The molecular weight excluding hydrogens is 290 g/mol. The number of allylic oxidation sites excluding steroid dienone is 1. The molecule has 1 unspecified atom stereocenters. The lowest BCUT2D eigenvalue weighted by Gasteiger charge is -2.31. The smallest absolute Gasteiger partial charge is 0.270 e. The highest BCUT2D eigenvalue weighted by Crippen LogP contribution is 2.35. The van der Waals surface area contributed by atoms with E-state index in [0.29, 0.717) is 17.5 Å². The zero-order valence-electron chi connectivity index (χ0n) is 14.8. The number of aliphatic imine (C=N–C) groups is 1. The van der Waals surface area contributed by atoms with Crippen LogP contribution in [0.2, 0.25) is 0 Å². The summed E-state index contributed by atoms with van der Waals surface area (Å²) < 4.78 is 0. The Bertz CT molecular complexity index is 550. The zero-order chi connectivity index (χ0) is 17.1. The number of rotatable bonds is 3. The normalized spacial score (nSPS) is 32.3. The maximum atomic E-state index is 12.8. The van der Waals surface area contributed by atoms with Gasteiger partial charge in [-0.2, -0.15) is 0 Å². The molecule has 2 N–H and O–H groups in total. The highest BCUT2D eigenvalue weighted by molar-refractivity contribution is 6.10. The summed E-state index contributed by atoms with van der Waals surface area (Å²) in [5.41, 5.74) is 8.31. The Morgan fingerprint density at radius 3 is 2.61 bits per heavy atom. The van der Waals surface area contributed by atoms with Gasteiger partial charge < -0.3 is 10.6 Å². The van der Waals surface area contributed by atoms with Crippen LogP contribution in [0.4, 0.5) is 0 Å². The molecule has 0 aromatic rings. The van der Waals surface area contributed by atoms with Crippen molar-refractivity contribution < 1.29 is 9.59 Å². The van der Waals surface area contributed by atoms with Crippen LogP contribution in [0.1, 0.15) is 47.0 Å². The largest absolute Gasteiger partial charge is 0.394 e. The average Bonchev–Trinajstić information content (AvgIpc) is 2.78. The van der Waals surface area contributed by atoms with Crippen LogP contribution in [0.3, 0.4) is 0 Å². The van der Waals surface area contributed by atoms with Crippen molar-refractivity contribution >= 4 is 17.4 Å². The monoisotopic (exact) mass is 319 g/mol. The van der Waals surface area contributed by atoms with E-state index in [4.69, 9.17) is 5.73 Å². The van der Waals surface area contributed by atoms with Crippen molar-refractivity contribution in [2.45, 2.75) is 47.0 Å². The van der Waals surface area contributed by atoms with Gasteiger partial charge in [-0.1, -0.05) is 20.8 Å². The fraction of sp³-hybridized carbons (Fsp3) is 0.722. The molecule has 0 spiro atoms. The van der Waals surface area contributed by atoms with Crippen LogP contribution in [0.15, 0.2) is 16.3 Å². The second kappa shape index (κ2) is 7.28. The fourth-order valence-electron chi connectivity index (χ4n) is 3.56. The summed E-state index contributed by atoms with van der Waals surface area (Å²) >= 11 is 0. The maximum absolute atomic E-state index is 12.8. The van der Waals surface area contributed by atoms with Crippen molar-refractivity contribution in [1.29, 1.82) is 0 Å². The van der Waals surface area contributed by atoms with E-state index in [9.17, 15) is 9.59 Å². The minimum atomic E-state index is -0.0666. The molecule has 1 saturated heterocycles. The summed E-state index contributed by atoms with van der Waals surface area (Å²) in [5.74, 6) is 1.08. The molecule has 2 fully saturated rings. The van der Waals surface area contributed by atoms with Crippen molar-refractivity contribution in [3.8, 4) is 0 Å². The summed E-state index contributed by atoms with van der Waals surface area (Å²) in [5, 5.41) is 0. The molecule has 2 rings (SSSR count). The molecule has 1 amide bonds. The van der Waals surface area contributed by atoms with Crippen molar-refractivity contribution in [2.24, 2.45) is 28.5 Å². The summed E-state index contributed by atoms with van der Waals surface area (Å²) in [4.78, 5) is 30.3. The van der Waals surface area contributed by atoms with Gasteiger partial charge in [-0.15, -0.1) is 0 Å². The minimum absolute atomic E-state index is 0.0267. The minimum Gasteiger partial charge on any atom is -0.394 e. The van der Waals surface area contributed by atoms with E-state index in [1.807, 2.05) is 4.90 Å². The summed E-state index contributed by atoms with van der Waals surface area (Å²) in [7, 11) is 0. The Morgan fingerprint density at radius 1 is 1.30 bits per heavy atom. The number of ketones is 1. The lowest BCUT2D eigenvalue weighted by atomic mass is 9.95. The van der Waals surface area contributed by atoms with Crippen LogP contribution in [0.5, 0.6) is 0 Å². The van der Waals surface area contributed by atoms with Gasteiger partial charge in [0.05, 0.1) is 6.54 Å². The van der Waals surface area contributed by atoms with Gasteiger partial charge >= 0.3 is 0 Å². The number of carbonyl (C=O) groups excluding carboxylic acids is 2. The molecule has 0 bridgehead atoms. The van der Waals surface area contributed by atoms with Gasteiger partial charge in [0.1, 0.15) is 5.70 Å². The van der Waals surface area contributed by atoms with Crippen molar-refractivity contribution in [3.05, 3.63) is 11.3 Å². The molecule has 23 heavy (non-hydrogen) atoms. The second-order valence-corrected chi connectivity index (χ2v) is 7.26. The molecule has 128 valence electrons. The Balaban J connectivity index is 2.28. The Labute approximate surface area is 139 Å². The number of hydrogen-bond acceptors (Lipinski definition) is 4. The van der Waals surface area contributed by atoms with Gasteiger partial charge in [0.15, 0.2) is 5.78 Å². The number of piperidine rings is 1. The highest BCUT2D eigenvalue weighted by Gasteiger charge is 2.35. The molecule has 1 heterocycles.